The molecular weight excluding hydrogens is 400 g/mol. The molecule has 0 bridgehead atoms. The molecule has 3 heteroatoms. The van der Waals surface area contributed by atoms with Crippen molar-refractivity contribution in [2.75, 3.05) is 0 Å². The second-order valence-electron chi connectivity index (χ2n) is 10.4. The van der Waals surface area contributed by atoms with Gasteiger partial charge in [-0.25, -0.2) is 0 Å². The molecule has 0 heterocycles. The molecule has 0 aliphatic heterocycles. The molecule has 0 amide bonds. The van der Waals surface area contributed by atoms with Gasteiger partial charge >= 0.3 is 0 Å². The number of fused-ring (bicyclic) bond motifs is 5. The van der Waals surface area contributed by atoms with Gasteiger partial charge in [0.2, 0.25) is 0 Å². The van der Waals surface area contributed by atoms with Crippen LogP contribution in [0.3, 0.4) is 0 Å². The molecule has 0 N–H and O–H groups in total. The van der Waals surface area contributed by atoms with E-state index in [0.29, 0.717) is 30.0 Å². The Balaban J connectivity index is 1.50. The topological polar surface area (TPSA) is 40.1 Å². The Labute approximate surface area is 189 Å². The number of hydrogen-bond donors (Lipinski definition) is 0. The first-order chi connectivity index (χ1) is 14.8. The number of carbonyl (C=O) groups excluding carboxylic acids is 1. The molecule has 0 saturated heterocycles. The van der Waals surface area contributed by atoms with E-state index in [-0.39, 0.29) is 10.8 Å². The summed E-state index contributed by atoms with van der Waals surface area (Å²) < 4.78 is 12.8. The van der Waals surface area contributed by atoms with Gasteiger partial charge in [0, 0.05) is 28.4 Å². The van der Waals surface area contributed by atoms with Crippen LogP contribution in [0.15, 0.2) is 75.2 Å². The molecule has 2 fully saturated rings. The van der Waals surface area contributed by atoms with E-state index in [4.69, 9.17) is 0 Å². The van der Waals surface area contributed by atoms with Gasteiger partial charge in [0.05, 0.1) is 0 Å². The molecule has 5 rings (SSSR count). The average molecular weight is 433 g/mol. The van der Waals surface area contributed by atoms with Crippen molar-refractivity contribution in [3.8, 4) is 0 Å². The predicted octanol–water partition coefficient (Wildman–Crippen LogP) is 6.53. The van der Waals surface area contributed by atoms with Crippen molar-refractivity contribution in [1.82, 2.24) is 0 Å². The van der Waals surface area contributed by atoms with Crippen LogP contribution in [0.5, 0.6) is 0 Å². The summed E-state index contributed by atoms with van der Waals surface area (Å²) in [5.74, 6) is 1.97. The molecular formula is C28H32O2S. The lowest BCUT2D eigenvalue weighted by Crippen LogP contribution is -2.43. The molecule has 2 nitrogen and oxygen atoms in total. The van der Waals surface area contributed by atoms with Gasteiger partial charge in [0.25, 0.3) is 0 Å². The minimum absolute atomic E-state index is 0.0819. The SMILES string of the molecule is C[C@@H]1C[C@H]2[C@@H]3CCC4=CC(=O)CC[C@]4(C)C3=CC[C@]2(C)C1=C=C[S+]([O-])c1ccccc1. The van der Waals surface area contributed by atoms with E-state index >= 15 is 0 Å². The number of benzene rings is 1. The van der Waals surface area contributed by atoms with Crippen molar-refractivity contribution in [3.63, 3.8) is 0 Å². The fraction of sp³-hybridized carbons (Fsp3) is 0.500. The number of rotatable bonds is 2. The Morgan fingerprint density at radius 3 is 2.74 bits per heavy atom. The Hall–Kier alpha value is -1.80. The van der Waals surface area contributed by atoms with Crippen LogP contribution in [0.25, 0.3) is 0 Å². The van der Waals surface area contributed by atoms with Crippen LogP contribution in [0.4, 0.5) is 0 Å². The summed E-state index contributed by atoms with van der Waals surface area (Å²) in [4.78, 5) is 12.9. The van der Waals surface area contributed by atoms with Crippen LogP contribution in [0.1, 0.15) is 59.3 Å². The molecule has 2 saturated carbocycles. The third-order valence-electron chi connectivity index (χ3n) is 8.74. The lowest BCUT2D eigenvalue weighted by atomic mass is 9.52. The van der Waals surface area contributed by atoms with E-state index in [9.17, 15) is 9.35 Å². The highest BCUT2D eigenvalue weighted by atomic mass is 32.2. The molecule has 162 valence electrons. The van der Waals surface area contributed by atoms with E-state index < -0.39 is 11.2 Å². The summed E-state index contributed by atoms with van der Waals surface area (Å²) in [6.45, 7) is 7.11. The van der Waals surface area contributed by atoms with Crippen LogP contribution in [-0.2, 0) is 16.0 Å². The van der Waals surface area contributed by atoms with Gasteiger partial charge in [0.1, 0.15) is 0 Å². The fourth-order valence-electron chi connectivity index (χ4n) is 7.07. The highest BCUT2D eigenvalue weighted by Gasteiger charge is 2.56. The fourth-order valence-corrected chi connectivity index (χ4v) is 7.86. The lowest BCUT2D eigenvalue weighted by molar-refractivity contribution is -0.115. The van der Waals surface area contributed by atoms with E-state index in [2.05, 4.69) is 32.6 Å². The standard InChI is InChI=1S/C28H32O2S/c1-19-17-26-23-10-9-20-18-21(29)11-14-27(20,2)25(23)12-15-28(26,3)24(19)13-16-31(30)22-7-5-4-6-8-22/h4-8,12,16,18-19,23,26H,9-11,14-15,17H2,1-3H3/t13?,19-,23-,26+,27+,28-,31?/m1/s1. The first-order valence-corrected chi connectivity index (χ1v) is 12.9. The van der Waals surface area contributed by atoms with Gasteiger partial charge in [-0.1, -0.05) is 61.9 Å². The van der Waals surface area contributed by atoms with Crippen molar-refractivity contribution in [2.45, 2.75) is 64.2 Å². The van der Waals surface area contributed by atoms with Crippen molar-refractivity contribution >= 4 is 17.0 Å². The Kier molecular flexibility index (Phi) is 5.20. The number of ketones is 1. The summed E-state index contributed by atoms with van der Waals surface area (Å²) in [5, 5.41) is 1.78. The molecule has 0 aromatic heterocycles. The van der Waals surface area contributed by atoms with Gasteiger partial charge in [0.15, 0.2) is 16.1 Å². The Bertz CT molecular complexity index is 1030. The van der Waals surface area contributed by atoms with Gasteiger partial charge in [-0.3, -0.25) is 4.79 Å². The molecule has 4 aliphatic rings. The van der Waals surface area contributed by atoms with Crippen LogP contribution in [0.2, 0.25) is 0 Å². The van der Waals surface area contributed by atoms with Crippen molar-refractivity contribution in [1.29, 1.82) is 0 Å². The minimum atomic E-state index is -1.16. The lowest BCUT2D eigenvalue weighted by Gasteiger charge is -2.52. The molecule has 31 heavy (non-hydrogen) atoms. The van der Waals surface area contributed by atoms with Crippen LogP contribution < -0.4 is 0 Å². The molecule has 1 aromatic rings. The highest BCUT2D eigenvalue weighted by Crippen LogP contribution is 2.65. The summed E-state index contributed by atoms with van der Waals surface area (Å²) in [6, 6.07) is 9.65. The summed E-state index contributed by atoms with van der Waals surface area (Å²) in [7, 11) is 0. The van der Waals surface area contributed by atoms with Crippen molar-refractivity contribution in [2.24, 2.45) is 28.6 Å². The minimum Gasteiger partial charge on any atom is -0.606 e. The van der Waals surface area contributed by atoms with Gasteiger partial charge < -0.3 is 4.55 Å². The molecule has 0 radical (unpaired) electrons. The van der Waals surface area contributed by atoms with E-state index in [1.165, 1.54) is 17.6 Å². The Morgan fingerprint density at radius 1 is 1.19 bits per heavy atom. The van der Waals surface area contributed by atoms with Crippen molar-refractivity contribution < 1.29 is 9.35 Å². The zero-order valence-corrected chi connectivity index (χ0v) is 19.6. The smallest absolute Gasteiger partial charge is 0.165 e. The maximum atomic E-state index is 12.8. The third-order valence-corrected chi connectivity index (χ3v) is 9.81. The van der Waals surface area contributed by atoms with Gasteiger partial charge in [-0.05, 0) is 73.6 Å². The predicted molar refractivity (Wildman–Crippen MR) is 126 cm³/mol. The molecule has 6 atom stereocenters. The van der Waals surface area contributed by atoms with Crippen molar-refractivity contribution in [3.05, 3.63) is 70.3 Å². The molecule has 1 aromatic carbocycles. The maximum Gasteiger partial charge on any atom is 0.165 e. The second kappa shape index (κ2) is 7.66. The molecule has 4 aliphatic carbocycles. The van der Waals surface area contributed by atoms with Crippen LogP contribution in [0, 0.1) is 28.6 Å². The number of hydrogen-bond acceptors (Lipinski definition) is 2. The summed E-state index contributed by atoms with van der Waals surface area (Å²) in [6.07, 6.45) is 10.5. The van der Waals surface area contributed by atoms with E-state index in [1.807, 2.05) is 36.4 Å². The first-order valence-electron chi connectivity index (χ1n) is 11.7. The second-order valence-corrected chi connectivity index (χ2v) is 11.7. The quantitative estimate of drug-likeness (QED) is 0.303. The highest BCUT2D eigenvalue weighted by molar-refractivity contribution is 7.94. The monoisotopic (exact) mass is 432 g/mol. The van der Waals surface area contributed by atoms with Gasteiger partial charge in [-0.15, -0.1) is 0 Å². The number of allylic oxidation sites excluding steroid dienone is 5. The number of carbonyl (C=O) groups is 1. The maximum absolute atomic E-state index is 12.8. The molecule has 1 unspecified atom stereocenters. The third kappa shape index (κ3) is 3.33. The summed E-state index contributed by atoms with van der Waals surface area (Å²) in [5.41, 5.74) is 8.04. The van der Waals surface area contributed by atoms with E-state index in [1.54, 1.807) is 11.0 Å². The van der Waals surface area contributed by atoms with Gasteiger partial charge in [-0.2, -0.15) is 0 Å². The normalized spacial score (nSPS) is 37.6. The zero-order chi connectivity index (χ0) is 21.8. The van der Waals surface area contributed by atoms with Crippen LogP contribution >= 0.6 is 0 Å². The first kappa shape index (κ1) is 21.1. The van der Waals surface area contributed by atoms with E-state index in [0.717, 1.165) is 30.6 Å². The van der Waals surface area contributed by atoms with Crippen LogP contribution in [-0.4, -0.2) is 10.3 Å². The average Bonchev–Trinajstić information content (AvgIpc) is 3.02. The molecule has 0 spiro atoms. The zero-order valence-electron chi connectivity index (χ0n) is 18.8. The Morgan fingerprint density at radius 2 is 1.97 bits per heavy atom. The largest absolute Gasteiger partial charge is 0.606 e. The summed E-state index contributed by atoms with van der Waals surface area (Å²) >= 11 is -1.16.